The molecule has 0 aromatic carbocycles. The quantitative estimate of drug-likeness (QED) is 0.594. The number of unbranched alkanes of at least 4 members (excludes halogenated alkanes) is 5. The van der Waals surface area contributed by atoms with Crippen LogP contribution in [-0.2, 0) is 4.74 Å². The van der Waals surface area contributed by atoms with Crippen LogP contribution in [0.15, 0.2) is 0 Å². The normalized spacial score (nSPS) is 25.1. The first-order chi connectivity index (χ1) is 7.77. The summed E-state index contributed by atoms with van der Waals surface area (Å²) in [7, 11) is 0. The Kier molecular flexibility index (Phi) is 7.01. The van der Waals surface area contributed by atoms with Gasteiger partial charge in [0.15, 0.2) is 0 Å². The van der Waals surface area contributed by atoms with Crippen molar-refractivity contribution in [3.8, 4) is 0 Å². The molecule has 1 aliphatic rings. The molecule has 3 heteroatoms. The van der Waals surface area contributed by atoms with Gasteiger partial charge in [0.25, 0.3) is 0 Å². The van der Waals surface area contributed by atoms with Crippen LogP contribution in [0.1, 0.15) is 51.9 Å². The summed E-state index contributed by atoms with van der Waals surface area (Å²) >= 11 is 0. The van der Waals surface area contributed by atoms with Crippen LogP contribution in [0.5, 0.6) is 0 Å². The number of nitrogens with two attached hydrogens (primary N) is 1. The lowest BCUT2D eigenvalue weighted by Gasteiger charge is -2.22. The zero-order valence-electron chi connectivity index (χ0n) is 10.8. The maximum absolute atomic E-state index is 6.15. The Morgan fingerprint density at radius 1 is 1.19 bits per heavy atom. The van der Waals surface area contributed by atoms with Crippen molar-refractivity contribution in [2.24, 2.45) is 5.73 Å². The third-order valence-electron chi connectivity index (χ3n) is 3.32. The second kappa shape index (κ2) is 8.04. The molecular weight excluding hydrogens is 200 g/mol. The van der Waals surface area contributed by atoms with Gasteiger partial charge in [-0.25, -0.2) is 0 Å². The van der Waals surface area contributed by atoms with Crippen molar-refractivity contribution in [3.63, 3.8) is 0 Å². The molecule has 1 rings (SSSR count). The minimum atomic E-state index is -0.0950. The van der Waals surface area contributed by atoms with Crippen LogP contribution in [0, 0.1) is 0 Å². The summed E-state index contributed by atoms with van der Waals surface area (Å²) in [6, 6.07) is 0. The van der Waals surface area contributed by atoms with Crippen molar-refractivity contribution in [3.05, 3.63) is 0 Å². The predicted molar refractivity (Wildman–Crippen MR) is 68.6 cm³/mol. The van der Waals surface area contributed by atoms with Gasteiger partial charge in [-0.05, 0) is 19.4 Å². The van der Waals surface area contributed by atoms with E-state index < -0.39 is 0 Å². The molecule has 0 amide bonds. The van der Waals surface area contributed by atoms with E-state index in [0.717, 1.165) is 32.7 Å². The summed E-state index contributed by atoms with van der Waals surface area (Å²) in [6.07, 6.45) is 9.11. The topological polar surface area (TPSA) is 47.3 Å². The first-order valence-electron chi connectivity index (χ1n) is 6.84. The molecule has 3 N–H and O–H groups in total. The lowest BCUT2D eigenvalue weighted by molar-refractivity contribution is 0.177. The summed E-state index contributed by atoms with van der Waals surface area (Å²) in [5, 5.41) is 3.45. The van der Waals surface area contributed by atoms with Gasteiger partial charge in [0.2, 0.25) is 0 Å². The highest BCUT2D eigenvalue weighted by Crippen LogP contribution is 2.13. The van der Waals surface area contributed by atoms with Crippen molar-refractivity contribution < 1.29 is 4.74 Å². The molecule has 1 atom stereocenters. The van der Waals surface area contributed by atoms with Crippen LogP contribution in [0.3, 0.4) is 0 Å². The molecular formula is C13H28N2O. The third kappa shape index (κ3) is 5.83. The van der Waals surface area contributed by atoms with E-state index in [-0.39, 0.29) is 5.54 Å². The molecule has 16 heavy (non-hydrogen) atoms. The largest absolute Gasteiger partial charge is 0.379 e. The number of hydrogen-bond acceptors (Lipinski definition) is 3. The Bertz CT molecular complexity index is 167. The van der Waals surface area contributed by atoms with Crippen molar-refractivity contribution in [2.45, 2.75) is 57.4 Å². The van der Waals surface area contributed by atoms with E-state index in [1.165, 1.54) is 38.5 Å². The summed E-state index contributed by atoms with van der Waals surface area (Å²) in [6.45, 7) is 5.81. The Balaban J connectivity index is 1.84. The van der Waals surface area contributed by atoms with E-state index >= 15 is 0 Å². The molecule has 1 aliphatic heterocycles. The number of hydrogen-bond donors (Lipinski definition) is 2. The molecule has 1 heterocycles. The van der Waals surface area contributed by atoms with Gasteiger partial charge < -0.3 is 15.8 Å². The zero-order valence-corrected chi connectivity index (χ0v) is 10.8. The molecule has 0 spiro atoms. The smallest absolute Gasteiger partial charge is 0.0659 e. The average Bonchev–Trinajstić information content (AvgIpc) is 2.70. The van der Waals surface area contributed by atoms with Gasteiger partial charge in [-0.15, -0.1) is 0 Å². The summed E-state index contributed by atoms with van der Waals surface area (Å²) in [5.41, 5.74) is 6.06. The fraction of sp³-hybridized carbons (Fsp3) is 1.00. The third-order valence-corrected chi connectivity index (χ3v) is 3.32. The molecule has 0 saturated carbocycles. The van der Waals surface area contributed by atoms with Gasteiger partial charge in [0.05, 0.1) is 12.1 Å². The van der Waals surface area contributed by atoms with Gasteiger partial charge in [0, 0.05) is 13.2 Å². The summed E-state index contributed by atoms with van der Waals surface area (Å²) in [4.78, 5) is 0. The van der Waals surface area contributed by atoms with E-state index in [1.54, 1.807) is 0 Å². The van der Waals surface area contributed by atoms with Crippen LogP contribution >= 0.6 is 0 Å². The summed E-state index contributed by atoms with van der Waals surface area (Å²) in [5.74, 6) is 0. The maximum atomic E-state index is 6.15. The fourth-order valence-electron chi connectivity index (χ4n) is 2.13. The van der Waals surface area contributed by atoms with E-state index in [9.17, 15) is 0 Å². The molecule has 0 aromatic rings. The highest BCUT2D eigenvalue weighted by Gasteiger charge is 2.29. The molecule has 1 unspecified atom stereocenters. The molecule has 0 aromatic heterocycles. The SMILES string of the molecule is CCCCCCCCNCC1(N)CCOC1. The van der Waals surface area contributed by atoms with E-state index in [1.807, 2.05) is 0 Å². The Morgan fingerprint density at radius 3 is 2.62 bits per heavy atom. The van der Waals surface area contributed by atoms with E-state index in [4.69, 9.17) is 10.5 Å². The van der Waals surface area contributed by atoms with Crippen molar-refractivity contribution >= 4 is 0 Å². The van der Waals surface area contributed by atoms with Gasteiger partial charge in [-0.1, -0.05) is 39.0 Å². The van der Waals surface area contributed by atoms with E-state index in [2.05, 4.69) is 12.2 Å². The number of nitrogens with one attached hydrogen (secondary N) is 1. The lowest BCUT2D eigenvalue weighted by atomic mass is 10.0. The monoisotopic (exact) mass is 228 g/mol. The molecule has 1 saturated heterocycles. The van der Waals surface area contributed by atoms with Gasteiger partial charge in [0.1, 0.15) is 0 Å². The van der Waals surface area contributed by atoms with Crippen LogP contribution in [0.25, 0.3) is 0 Å². The molecule has 0 radical (unpaired) electrons. The Labute approximate surface area is 100 Å². The van der Waals surface area contributed by atoms with Crippen LogP contribution in [0.4, 0.5) is 0 Å². The minimum absolute atomic E-state index is 0.0950. The first kappa shape index (κ1) is 13.9. The van der Waals surface area contributed by atoms with Gasteiger partial charge in [-0.2, -0.15) is 0 Å². The molecule has 3 nitrogen and oxygen atoms in total. The highest BCUT2D eigenvalue weighted by molar-refractivity contribution is 4.89. The second-order valence-electron chi connectivity index (χ2n) is 5.11. The highest BCUT2D eigenvalue weighted by atomic mass is 16.5. The van der Waals surface area contributed by atoms with E-state index in [0.29, 0.717) is 0 Å². The molecule has 1 fully saturated rings. The lowest BCUT2D eigenvalue weighted by Crippen LogP contribution is -2.49. The Hall–Kier alpha value is -0.120. The molecule has 0 bridgehead atoms. The number of ether oxygens (including phenoxy) is 1. The average molecular weight is 228 g/mol. The molecule has 96 valence electrons. The van der Waals surface area contributed by atoms with Crippen molar-refractivity contribution in [2.75, 3.05) is 26.3 Å². The first-order valence-corrected chi connectivity index (χ1v) is 6.84. The van der Waals surface area contributed by atoms with Crippen LogP contribution in [-0.4, -0.2) is 31.8 Å². The standard InChI is InChI=1S/C13H28N2O/c1-2-3-4-5-6-7-9-15-11-13(14)8-10-16-12-13/h15H,2-12,14H2,1H3. The van der Waals surface area contributed by atoms with Crippen molar-refractivity contribution in [1.82, 2.24) is 5.32 Å². The van der Waals surface area contributed by atoms with Crippen molar-refractivity contribution in [1.29, 1.82) is 0 Å². The minimum Gasteiger partial charge on any atom is -0.379 e. The fourth-order valence-corrected chi connectivity index (χ4v) is 2.13. The van der Waals surface area contributed by atoms with Gasteiger partial charge >= 0.3 is 0 Å². The second-order valence-corrected chi connectivity index (χ2v) is 5.11. The van der Waals surface area contributed by atoms with Crippen LogP contribution in [0.2, 0.25) is 0 Å². The summed E-state index contributed by atoms with van der Waals surface area (Å²) < 4.78 is 5.32. The maximum Gasteiger partial charge on any atom is 0.0659 e. The predicted octanol–water partition coefficient (Wildman–Crippen LogP) is 2.05. The van der Waals surface area contributed by atoms with Crippen LogP contribution < -0.4 is 11.1 Å². The zero-order chi connectivity index (χ0) is 11.7. The van der Waals surface area contributed by atoms with Gasteiger partial charge in [-0.3, -0.25) is 0 Å². The Morgan fingerprint density at radius 2 is 1.94 bits per heavy atom. The molecule has 0 aliphatic carbocycles. The number of rotatable bonds is 9.